The maximum Gasteiger partial charge on any atom is 0.387 e. The summed E-state index contributed by atoms with van der Waals surface area (Å²) in [6.07, 6.45) is 0. The molecule has 0 unspecified atom stereocenters. The predicted octanol–water partition coefficient (Wildman–Crippen LogP) is 2.15. The Morgan fingerprint density at radius 3 is 2.62 bits per heavy atom. The summed E-state index contributed by atoms with van der Waals surface area (Å²) in [5.41, 5.74) is -0.927. The molecule has 0 aliphatic rings. The van der Waals surface area contributed by atoms with Gasteiger partial charge in [-0.15, -0.1) is 12.6 Å². The fraction of sp³-hybridized carbons (Fsp3) is 0.111. The Bertz CT molecular complexity index is 471. The number of halogens is 2. The van der Waals surface area contributed by atoms with Crippen LogP contribution in [0, 0.1) is 11.3 Å². The fourth-order valence-corrected chi connectivity index (χ4v) is 1.33. The minimum Gasteiger partial charge on any atom is -0.478 e. The van der Waals surface area contributed by atoms with Gasteiger partial charge in [0.2, 0.25) is 0 Å². The molecule has 16 heavy (non-hydrogen) atoms. The van der Waals surface area contributed by atoms with Crippen LogP contribution in [-0.2, 0) is 0 Å². The highest BCUT2D eigenvalue weighted by molar-refractivity contribution is 7.80. The molecule has 0 saturated carbocycles. The first-order chi connectivity index (χ1) is 7.47. The average molecular weight is 245 g/mol. The molecule has 0 fully saturated rings. The van der Waals surface area contributed by atoms with Gasteiger partial charge in [-0.05, 0) is 12.1 Å². The minimum absolute atomic E-state index is 0.0847. The molecule has 84 valence electrons. The largest absolute Gasteiger partial charge is 0.478 e. The first-order valence-electron chi connectivity index (χ1n) is 3.91. The van der Waals surface area contributed by atoms with Gasteiger partial charge in [0.15, 0.2) is 0 Å². The number of hydrogen-bond acceptors (Lipinski definition) is 4. The summed E-state index contributed by atoms with van der Waals surface area (Å²) in [6, 6.07) is 3.82. The average Bonchev–Trinajstić information content (AvgIpc) is 2.18. The number of benzene rings is 1. The summed E-state index contributed by atoms with van der Waals surface area (Å²) >= 11 is 3.85. The molecule has 1 rings (SSSR count). The van der Waals surface area contributed by atoms with E-state index in [1.165, 1.54) is 6.07 Å². The number of thiol groups is 1. The molecule has 0 atom stereocenters. The van der Waals surface area contributed by atoms with Crippen LogP contribution in [-0.4, -0.2) is 17.7 Å². The van der Waals surface area contributed by atoms with Crippen LogP contribution in [0.3, 0.4) is 0 Å². The van der Waals surface area contributed by atoms with Gasteiger partial charge in [0.25, 0.3) is 0 Å². The molecule has 0 amide bonds. The zero-order chi connectivity index (χ0) is 12.3. The number of nitrogens with zero attached hydrogens (tertiary/aromatic N) is 1. The highest BCUT2D eigenvalue weighted by atomic mass is 32.1. The lowest BCUT2D eigenvalue weighted by atomic mass is 10.1. The van der Waals surface area contributed by atoms with E-state index >= 15 is 0 Å². The Balaban J connectivity index is 3.40. The molecule has 0 aromatic heterocycles. The smallest absolute Gasteiger partial charge is 0.387 e. The van der Waals surface area contributed by atoms with E-state index < -0.39 is 23.9 Å². The number of hydrogen-bond donors (Lipinski definition) is 2. The summed E-state index contributed by atoms with van der Waals surface area (Å²) in [6.45, 7) is -3.16. The van der Waals surface area contributed by atoms with E-state index in [0.717, 1.165) is 6.07 Å². The van der Waals surface area contributed by atoms with Gasteiger partial charge in [-0.2, -0.15) is 14.0 Å². The van der Waals surface area contributed by atoms with Gasteiger partial charge in [0.1, 0.15) is 17.4 Å². The lowest BCUT2D eigenvalue weighted by Crippen LogP contribution is -2.09. The Labute approximate surface area is 94.5 Å². The zero-order valence-electron chi connectivity index (χ0n) is 7.65. The van der Waals surface area contributed by atoms with Crippen molar-refractivity contribution in [3.05, 3.63) is 23.3 Å². The van der Waals surface area contributed by atoms with Crippen LogP contribution >= 0.6 is 12.6 Å². The highest BCUT2D eigenvalue weighted by Gasteiger charge is 2.21. The van der Waals surface area contributed by atoms with Gasteiger partial charge in [-0.25, -0.2) is 4.79 Å². The number of aromatic carboxylic acids is 1. The SMILES string of the molecule is N#Cc1c(S)ccc(OC(F)F)c1C(=O)O. The Kier molecular flexibility index (Phi) is 3.68. The third-order valence-electron chi connectivity index (χ3n) is 1.69. The molecule has 0 aliphatic carbocycles. The quantitative estimate of drug-likeness (QED) is 0.800. The summed E-state index contributed by atoms with van der Waals surface area (Å²) in [4.78, 5) is 10.9. The van der Waals surface area contributed by atoms with Crippen molar-refractivity contribution >= 4 is 18.6 Å². The summed E-state index contributed by atoms with van der Waals surface area (Å²) in [7, 11) is 0. The van der Waals surface area contributed by atoms with Crippen molar-refractivity contribution in [1.82, 2.24) is 0 Å². The lowest BCUT2D eigenvalue weighted by Gasteiger charge is -2.09. The van der Waals surface area contributed by atoms with Crippen LogP contribution < -0.4 is 4.74 Å². The molecule has 0 aliphatic heterocycles. The maximum absolute atomic E-state index is 12.0. The van der Waals surface area contributed by atoms with E-state index in [1.54, 1.807) is 6.07 Å². The van der Waals surface area contributed by atoms with E-state index in [0.29, 0.717) is 0 Å². The van der Waals surface area contributed by atoms with Crippen LogP contribution in [0.5, 0.6) is 5.75 Å². The molecular weight excluding hydrogens is 240 g/mol. The van der Waals surface area contributed by atoms with E-state index in [9.17, 15) is 13.6 Å². The predicted molar refractivity (Wildman–Crippen MR) is 52.0 cm³/mol. The van der Waals surface area contributed by atoms with E-state index in [4.69, 9.17) is 10.4 Å². The number of ether oxygens (including phenoxy) is 1. The Morgan fingerprint density at radius 2 is 2.19 bits per heavy atom. The molecule has 4 nitrogen and oxygen atoms in total. The van der Waals surface area contributed by atoms with Crippen molar-refractivity contribution in [3.63, 3.8) is 0 Å². The van der Waals surface area contributed by atoms with Crippen LogP contribution in [0.15, 0.2) is 17.0 Å². The molecule has 1 aromatic carbocycles. The van der Waals surface area contributed by atoms with Gasteiger partial charge in [0, 0.05) is 4.90 Å². The van der Waals surface area contributed by atoms with Gasteiger partial charge in [-0.1, -0.05) is 0 Å². The first-order valence-corrected chi connectivity index (χ1v) is 4.36. The van der Waals surface area contributed by atoms with E-state index in [1.807, 2.05) is 0 Å². The monoisotopic (exact) mass is 245 g/mol. The second kappa shape index (κ2) is 4.81. The summed E-state index contributed by atoms with van der Waals surface area (Å²) < 4.78 is 28.0. The van der Waals surface area contributed by atoms with Crippen molar-refractivity contribution in [2.75, 3.05) is 0 Å². The normalized spacial score (nSPS) is 9.94. The zero-order valence-corrected chi connectivity index (χ0v) is 8.54. The molecule has 0 bridgehead atoms. The van der Waals surface area contributed by atoms with Crippen molar-refractivity contribution in [2.24, 2.45) is 0 Å². The summed E-state index contributed by atoms with van der Waals surface area (Å²) in [5, 5.41) is 17.5. The molecular formula is C9H5F2NO3S. The Morgan fingerprint density at radius 1 is 1.56 bits per heavy atom. The third-order valence-corrected chi connectivity index (χ3v) is 2.06. The fourth-order valence-electron chi connectivity index (χ4n) is 1.09. The van der Waals surface area contributed by atoms with Gasteiger partial charge in [-0.3, -0.25) is 0 Å². The molecule has 0 heterocycles. The molecule has 1 N–H and O–H groups in total. The first kappa shape index (κ1) is 12.3. The van der Waals surface area contributed by atoms with Crippen molar-refractivity contribution in [1.29, 1.82) is 5.26 Å². The molecule has 0 radical (unpaired) electrons. The van der Waals surface area contributed by atoms with Crippen LogP contribution in [0.4, 0.5) is 8.78 Å². The molecule has 0 saturated heterocycles. The van der Waals surface area contributed by atoms with Crippen LogP contribution in [0.25, 0.3) is 0 Å². The number of carboxylic acids is 1. The molecule has 7 heteroatoms. The van der Waals surface area contributed by atoms with Crippen LogP contribution in [0.1, 0.15) is 15.9 Å². The highest BCUT2D eigenvalue weighted by Crippen LogP contribution is 2.28. The topological polar surface area (TPSA) is 70.3 Å². The number of carboxylic acid groups (broad SMARTS) is 1. The van der Waals surface area contributed by atoms with E-state index in [2.05, 4.69) is 17.4 Å². The van der Waals surface area contributed by atoms with Gasteiger partial charge < -0.3 is 9.84 Å². The minimum atomic E-state index is -3.16. The number of rotatable bonds is 3. The van der Waals surface area contributed by atoms with Crippen LogP contribution in [0.2, 0.25) is 0 Å². The maximum atomic E-state index is 12.0. The van der Waals surface area contributed by atoms with Gasteiger partial charge >= 0.3 is 12.6 Å². The molecule has 1 aromatic rings. The Hall–Kier alpha value is -1.81. The summed E-state index contributed by atoms with van der Waals surface area (Å²) in [5.74, 6) is -2.08. The van der Waals surface area contributed by atoms with Crippen molar-refractivity contribution in [2.45, 2.75) is 11.5 Å². The lowest BCUT2D eigenvalue weighted by molar-refractivity contribution is -0.0503. The van der Waals surface area contributed by atoms with Crippen molar-refractivity contribution < 1.29 is 23.4 Å². The second-order valence-corrected chi connectivity index (χ2v) is 3.11. The van der Waals surface area contributed by atoms with Crippen molar-refractivity contribution in [3.8, 4) is 11.8 Å². The standard InChI is InChI=1S/C9H5F2NO3S/c10-9(11)15-5-1-2-6(16)4(3-12)7(5)8(13)14/h1-2,9,16H,(H,13,14). The van der Waals surface area contributed by atoms with Gasteiger partial charge in [0.05, 0.1) is 5.56 Å². The number of carbonyl (C=O) groups is 1. The number of alkyl halides is 2. The number of nitriles is 1. The molecule has 0 spiro atoms. The van der Waals surface area contributed by atoms with E-state index in [-0.39, 0.29) is 10.5 Å². The second-order valence-electron chi connectivity index (χ2n) is 2.63. The third kappa shape index (κ3) is 2.41.